The number of nitrogens with one attached hydrogen (secondary N) is 1. The van der Waals surface area contributed by atoms with Crippen LogP contribution in [0.3, 0.4) is 0 Å². The zero-order valence-corrected chi connectivity index (χ0v) is 14.1. The Bertz CT molecular complexity index is 792. The molecule has 0 bridgehead atoms. The summed E-state index contributed by atoms with van der Waals surface area (Å²) in [5.74, 6) is -0.914. The normalized spacial score (nSPS) is 10.6. The van der Waals surface area contributed by atoms with Gasteiger partial charge in [-0.15, -0.1) is 0 Å². The molecule has 0 aliphatic carbocycles. The number of carbonyl (C=O) groups excluding carboxylic acids is 3. The molecule has 2 aromatic rings. The summed E-state index contributed by atoms with van der Waals surface area (Å²) in [4.78, 5) is 35.9. The maximum atomic E-state index is 12.3. The van der Waals surface area contributed by atoms with Crippen molar-refractivity contribution in [2.24, 2.45) is 0 Å². The van der Waals surface area contributed by atoms with Gasteiger partial charge in [-0.2, -0.15) is 0 Å². The van der Waals surface area contributed by atoms with Gasteiger partial charge in [0.1, 0.15) is 11.3 Å². The van der Waals surface area contributed by atoms with Crippen LogP contribution in [0, 0.1) is 0 Å². The molecular formula is C20H19NO4. The average molecular weight is 337 g/mol. The Morgan fingerprint density at radius 3 is 2.08 bits per heavy atom. The van der Waals surface area contributed by atoms with Crippen molar-refractivity contribution in [3.05, 3.63) is 78.4 Å². The third-order valence-electron chi connectivity index (χ3n) is 3.49. The first-order valence-corrected chi connectivity index (χ1v) is 7.70. The summed E-state index contributed by atoms with van der Waals surface area (Å²) in [7, 11) is 0. The second-order valence-corrected chi connectivity index (χ2v) is 5.93. The molecule has 0 spiro atoms. The first-order valence-electron chi connectivity index (χ1n) is 7.70. The van der Waals surface area contributed by atoms with E-state index in [2.05, 4.69) is 11.9 Å². The molecule has 128 valence electrons. The molecule has 0 aliphatic rings. The van der Waals surface area contributed by atoms with Gasteiger partial charge in [0.25, 0.3) is 0 Å². The van der Waals surface area contributed by atoms with E-state index < -0.39 is 17.4 Å². The quantitative estimate of drug-likeness (QED) is 0.381. The van der Waals surface area contributed by atoms with Crippen LogP contribution in [0.15, 0.2) is 67.3 Å². The Balaban J connectivity index is 2.07. The summed E-state index contributed by atoms with van der Waals surface area (Å²) in [6, 6.07) is 15.2. The van der Waals surface area contributed by atoms with Gasteiger partial charge in [-0.3, -0.25) is 9.59 Å². The van der Waals surface area contributed by atoms with Crippen LogP contribution in [0.25, 0.3) is 0 Å². The largest absolute Gasteiger partial charge is 0.425 e. The molecule has 0 saturated carbocycles. The number of rotatable bonds is 6. The van der Waals surface area contributed by atoms with Gasteiger partial charge in [0.05, 0.1) is 0 Å². The van der Waals surface area contributed by atoms with Crippen LogP contribution in [-0.4, -0.2) is 23.2 Å². The lowest BCUT2D eigenvalue weighted by atomic mass is 10.0. The van der Waals surface area contributed by atoms with Crippen LogP contribution < -0.4 is 10.1 Å². The molecule has 2 rings (SSSR count). The van der Waals surface area contributed by atoms with Crippen molar-refractivity contribution in [3.8, 4) is 5.75 Å². The molecule has 0 radical (unpaired) electrons. The van der Waals surface area contributed by atoms with Gasteiger partial charge in [-0.25, -0.2) is 4.79 Å². The molecule has 0 aliphatic heterocycles. The fraction of sp³-hybridized carbons (Fsp3) is 0.150. The van der Waals surface area contributed by atoms with E-state index in [4.69, 9.17) is 4.74 Å². The zero-order chi connectivity index (χ0) is 18.4. The second kappa shape index (κ2) is 7.57. The number of benzene rings is 2. The van der Waals surface area contributed by atoms with E-state index in [0.29, 0.717) is 11.1 Å². The van der Waals surface area contributed by atoms with Gasteiger partial charge in [0.15, 0.2) is 5.78 Å². The molecule has 25 heavy (non-hydrogen) atoms. The van der Waals surface area contributed by atoms with Crippen molar-refractivity contribution >= 4 is 17.7 Å². The highest BCUT2D eigenvalue weighted by Crippen LogP contribution is 2.17. The fourth-order valence-corrected chi connectivity index (χ4v) is 2.08. The molecule has 1 N–H and O–H groups in total. The summed E-state index contributed by atoms with van der Waals surface area (Å²) in [6.07, 6.45) is 1.08. The summed E-state index contributed by atoms with van der Waals surface area (Å²) < 4.78 is 5.27. The van der Waals surface area contributed by atoms with Crippen molar-refractivity contribution in [2.75, 3.05) is 0 Å². The van der Waals surface area contributed by atoms with E-state index in [-0.39, 0.29) is 11.5 Å². The molecule has 0 heterocycles. The summed E-state index contributed by atoms with van der Waals surface area (Å²) in [5, 5.41) is 2.49. The van der Waals surface area contributed by atoms with E-state index in [9.17, 15) is 14.4 Å². The molecule has 0 fully saturated rings. The first kappa shape index (κ1) is 18.1. The van der Waals surface area contributed by atoms with Gasteiger partial charge in [-0.05, 0) is 44.2 Å². The Labute approximate surface area is 146 Å². The van der Waals surface area contributed by atoms with Crippen molar-refractivity contribution in [1.82, 2.24) is 5.32 Å². The van der Waals surface area contributed by atoms with Crippen molar-refractivity contribution in [3.63, 3.8) is 0 Å². The minimum atomic E-state index is -1.20. The number of carbonyl (C=O) groups is 3. The highest BCUT2D eigenvalue weighted by molar-refractivity contribution is 6.09. The number of esters is 1. The standard InChI is InChI=1S/C20H19NO4/c1-4-17(22)21-20(2,3)19(24)25-16-12-10-15(11-13-16)18(23)14-8-6-5-7-9-14/h4-13H,1H2,2-3H3,(H,21,22). The molecule has 0 atom stereocenters. The van der Waals surface area contributed by atoms with E-state index in [0.717, 1.165) is 6.08 Å². The first-order chi connectivity index (χ1) is 11.8. The SMILES string of the molecule is C=CC(=O)NC(C)(C)C(=O)Oc1ccc(C(=O)c2ccccc2)cc1. The number of amides is 1. The van der Waals surface area contributed by atoms with Crippen molar-refractivity contribution < 1.29 is 19.1 Å². The Hall–Kier alpha value is -3.21. The minimum absolute atomic E-state index is 0.114. The van der Waals surface area contributed by atoms with Crippen LogP contribution in [-0.2, 0) is 9.59 Å². The lowest BCUT2D eigenvalue weighted by molar-refractivity contribution is -0.142. The Morgan fingerprint density at radius 2 is 1.52 bits per heavy atom. The van der Waals surface area contributed by atoms with Gasteiger partial charge in [0, 0.05) is 11.1 Å². The zero-order valence-electron chi connectivity index (χ0n) is 14.1. The van der Waals surface area contributed by atoms with E-state index in [1.807, 2.05) is 6.07 Å². The molecule has 0 aromatic heterocycles. The predicted octanol–water partition coefficient (Wildman–Crippen LogP) is 2.90. The lowest BCUT2D eigenvalue weighted by Crippen LogP contribution is -2.51. The molecule has 0 unspecified atom stereocenters. The summed E-state index contributed by atoms with van der Waals surface area (Å²) in [6.45, 7) is 6.41. The van der Waals surface area contributed by atoms with E-state index in [1.165, 1.54) is 13.8 Å². The van der Waals surface area contributed by atoms with Gasteiger partial charge in [-0.1, -0.05) is 36.9 Å². The third-order valence-corrected chi connectivity index (χ3v) is 3.49. The maximum absolute atomic E-state index is 12.3. The highest BCUT2D eigenvalue weighted by atomic mass is 16.5. The molecule has 5 heteroatoms. The van der Waals surface area contributed by atoms with Crippen LogP contribution in [0.2, 0.25) is 0 Å². The van der Waals surface area contributed by atoms with Gasteiger partial charge in [0.2, 0.25) is 5.91 Å². The summed E-state index contributed by atoms with van der Waals surface area (Å²) in [5.41, 5.74) is -0.130. The van der Waals surface area contributed by atoms with Crippen LogP contribution in [0.5, 0.6) is 5.75 Å². The Morgan fingerprint density at radius 1 is 0.960 bits per heavy atom. The minimum Gasteiger partial charge on any atom is -0.425 e. The number of hydrogen-bond donors (Lipinski definition) is 1. The average Bonchev–Trinajstić information content (AvgIpc) is 2.62. The van der Waals surface area contributed by atoms with Crippen molar-refractivity contribution in [2.45, 2.75) is 19.4 Å². The number of ketones is 1. The Kier molecular flexibility index (Phi) is 5.49. The molecule has 0 saturated heterocycles. The molecule has 5 nitrogen and oxygen atoms in total. The maximum Gasteiger partial charge on any atom is 0.336 e. The number of ether oxygens (including phenoxy) is 1. The number of hydrogen-bond acceptors (Lipinski definition) is 4. The third kappa shape index (κ3) is 4.64. The molecular weight excluding hydrogens is 318 g/mol. The molecule has 2 aromatic carbocycles. The smallest absolute Gasteiger partial charge is 0.336 e. The topological polar surface area (TPSA) is 72.5 Å². The highest BCUT2D eigenvalue weighted by Gasteiger charge is 2.31. The van der Waals surface area contributed by atoms with Crippen LogP contribution >= 0.6 is 0 Å². The van der Waals surface area contributed by atoms with E-state index in [1.54, 1.807) is 48.5 Å². The van der Waals surface area contributed by atoms with E-state index >= 15 is 0 Å². The van der Waals surface area contributed by atoms with Crippen LogP contribution in [0.4, 0.5) is 0 Å². The fourth-order valence-electron chi connectivity index (χ4n) is 2.08. The molecule has 1 amide bonds. The van der Waals surface area contributed by atoms with Crippen molar-refractivity contribution in [1.29, 1.82) is 0 Å². The van der Waals surface area contributed by atoms with Gasteiger partial charge < -0.3 is 10.1 Å². The van der Waals surface area contributed by atoms with Gasteiger partial charge >= 0.3 is 5.97 Å². The predicted molar refractivity (Wildman–Crippen MR) is 94.4 cm³/mol. The van der Waals surface area contributed by atoms with Crippen LogP contribution in [0.1, 0.15) is 29.8 Å². The summed E-state index contributed by atoms with van der Waals surface area (Å²) >= 11 is 0. The monoisotopic (exact) mass is 337 g/mol. The second-order valence-electron chi connectivity index (χ2n) is 5.93. The lowest BCUT2D eigenvalue weighted by Gasteiger charge is -2.23.